The van der Waals surface area contributed by atoms with Gasteiger partial charge < -0.3 is 10.6 Å². The van der Waals surface area contributed by atoms with Gasteiger partial charge in [0.15, 0.2) is 0 Å². The Balaban J connectivity index is 1.77. The molecule has 1 aromatic carbocycles. The van der Waals surface area contributed by atoms with Crippen LogP contribution < -0.4 is 10.6 Å². The molecule has 5 heteroatoms. The first-order valence-corrected chi connectivity index (χ1v) is 6.65. The average molecular weight is 280 g/mol. The highest BCUT2D eigenvalue weighted by molar-refractivity contribution is 5.90. The molecule has 1 aromatic heterocycles. The molecule has 0 aliphatic rings. The molecule has 0 unspecified atom stereocenters. The van der Waals surface area contributed by atoms with E-state index in [-0.39, 0.29) is 5.91 Å². The summed E-state index contributed by atoms with van der Waals surface area (Å²) in [6, 6.07) is 14.7. The lowest BCUT2D eigenvalue weighted by molar-refractivity contribution is -0.116. The number of amides is 1. The molecule has 0 saturated heterocycles. The molecule has 0 saturated carbocycles. The molecule has 2 N–H and O–H groups in total. The number of carbonyl (C=O) groups is 1. The Morgan fingerprint density at radius 2 is 2.00 bits per heavy atom. The van der Waals surface area contributed by atoms with Gasteiger partial charge in [-0.2, -0.15) is 5.26 Å². The van der Waals surface area contributed by atoms with E-state index in [2.05, 4.69) is 21.7 Å². The number of aromatic nitrogens is 1. The van der Waals surface area contributed by atoms with E-state index < -0.39 is 0 Å². The number of nitrogens with zero attached hydrogens (tertiary/aromatic N) is 2. The minimum Gasteiger partial charge on any atom is -0.385 e. The molecule has 0 radical (unpaired) electrons. The van der Waals surface area contributed by atoms with E-state index in [9.17, 15) is 4.79 Å². The van der Waals surface area contributed by atoms with E-state index in [1.54, 1.807) is 18.2 Å². The van der Waals surface area contributed by atoms with E-state index in [0.29, 0.717) is 24.3 Å². The highest BCUT2D eigenvalue weighted by Crippen LogP contribution is 2.09. The van der Waals surface area contributed by atoms with Gasteiger partial charge in [-0.1, -0.05) is 6.07 Å². The molecule has 2 rings (SSSR count). The second-order valence-corrected chi connectivity index (χ2v) is 4.58. The Bertz CT molecular complexity index is 659. The molecule has 21 heavy (non-hydrogen) atoms. The summed E-state index contributed by atoms with van der Waals surface area (Å²) in [6.45, 7) is 2.39. The van der Waals surface area contributed by atoms with Crippen molar-refractivity contribution in [2.45, 2.75) is 13.3 Å². The van der Waals surface area contributed by atoms with Crippen LogP contribution in [0.1, 0.15) is 17.7 Å². The fraction of sp³-hybridized carbons (Fsp3) is 0.188. The topological polar surface area (TPSA) is 77.8 Å². The van der Waals surface area contributed by atoms with Gasteiger partial charge in [0.25, 0.3) is 0 Å². The highest BCUT2D eigenvalue weighted by Gasteiger charge is 2.03. The van der Waals surface area contributed by atoms with Crippen LogP contribution >= 0.6 is 0 Å². The van der Waals surface area contributed by atoms with Crippen molar-refractivity contribution < 1.29 is 4.79 Å². The zero-order valence-corrected chi connectivity index (χ0v) is 11.8. The van der Waals surface area contributed by atoms with Crippen molar-refractivity contribution in [3.05, 3.63) is 53.7 Å². The van der Waals surface area contributed by atoms with Gasteiger partial charge in [-0.3, -0.25) is 4.79 Å². The van der Waals surface area contributed by atoms with Crippen LogP contribution in [-0.4, -0.2) is 17.4 Å². The van der Waals surface area contributed by atoms with Crippen molar-refractivity contribution in [1.82, 2.24) is 4.98 Å². The zero-order valence-electron chi connectivity index (χ0n) is 11.8. The summed E-state index contributed by atoms with van der Waals surface area (Å²) in [4.78, 5) is 16.0. The van der Waals surface area contributed by atoms with E-state index >= 15 is 0 Å². The van der Waals surface area contributed by atoms with Crippen LogP contribution in [-0.2, 0) is 4.79 Å². The number of anilines is 2. The molecule has 1 heterocycles. The second-order valence-electron chi connectivity index (χ2n) is 4.58. The SMILES string of the molecule is Cc1cccc(NC(=O)CCNc2ccc(C#N)cc2)n1. The number of nitrogens with one attached hydrogen (secondary N) is 2. The monoisotopic (exact) mass is 280 g/mol. The van der Waals surface area contributed by atoms with Crippen LogP contribution in [0, 0.1) is 18.3 Å². The first-order chi connectivity index (χ1) is 10.2. The molecule has 1 amide bonds. The normalized spacial score (nSPS) is 9.71. The van der Waals surface area contributed by atoms with E-state index in [1.807, 2.05) is 31.2 Å². The van der Waals surface area contributed by atoms with E-state index in [0.717, 1.165) is 11.4 Å². The summed E-state index contributed by atoms with van der Waals surface area (Å²) in [6.07, 6.45) is 0.343. The van der Waals surface area contributed by atoms with Crippen molar-refractivity contribution in [3.63, 3.8) is 0 Å². The Labute approximate surface area is 123 Å². The molecule has 2 aromatic rings. The number of benzene rings is 1. The fourth-order valence-electron chi connectivity index (χ4n) is 1.80. The molecule has 0 fully saturated rings. The van der Waals surface area contributed by atoms with Gasteiger partial charge in [0, 0.05) is 24.3 Å². The number of aryl methyl sites for hydroxylation is 1. The third kappa shape index (κ3) is 4.62. The average Bonchev–Trinajstić information content (AvgIpc) is 2.48. The van der Waals surface area contributed by atoms with Crippen LogP contribution in [0.4, 0.5) is 11.5 Å². The minimum absolute atomic E-state index is 0.0887. The van der Waals surface area contributed by atoms with Gasteiger partial charge >= 0.3 is 0 Å². The van der Waals surface area contributed by atoms with Crippen molar-refractivity contribution in [2.24, 2.45) is 0 Å². The summed E-state index contributed by atoms with van der Waals surface area (Å²) in [5.41, 5.74) is 2.36. The zero-order chi connectivity index (χ0) is 15.1. The van der Waals surface area contributed by atoms with Crippen LogP contribution in [0.15, 0.2) is 42.5 Å². The molecular weight excluding hydrogens is 264 g/mol. The Morgan fingerprint density at radius 3 is 2.67 bits per heavy atom. The van der Waals surface area contributed by atoms with Crippen molar-refractivity contribution >= 4 is 17.4 Å². The summed E-state index contributed by atoms with van der Waals surface area (Å²) in [7, 11) is 0. The predicted molar refractivity (Wildman–Crippen MR) is 81.9 cm³/mol. The molecule has 0 bridgehead atoms. The lowest BCUT2D eigenvalue weighted by Gasteiger charge is -2.07. The Morgan fingerprint density at radius 1 is 1.24 bits per heavy atom. The van der Waals surface area contributed by atoms with Gasteiger partial charge in [0.05, 0.1) is 11.6 Å². The van der Waals surface area contributed by atoms with Gasteiger partial charge in [0.1, 0.15) is 5.82 Å². The van der Waals surface area contributed by atoms with Crippen LogP contribution in [0.2, 0.25) is 0 Å². The molecule has 0 aliphatic heterocycles. The van der Waals surface area contributed by atoms with Crippen LogP contribution in [0.25, 0.3) is 0 Å². The van der Waals surface area contributed by atoms with Gasteiger partial charge in [-0.25, -0.2) is 4.98 Å². The van der Waals surface area contributed by atoms with Crippen molar-refractivity contribution in [3.8, 4) is 6.07 Å². The molecule has 0 aliphatic carbocycles. The van der Waals surface area contributed by atoms with Gasteiger partial charge in [0.2, 0.25) is 5.91 Å². The predicted octanol–water partition coefficient (Wildman–Crippen LogP) is 2.70. The maximum atomic E-state index is 11.8. The van der Waals surface area contributed by atoms with E-state index in [4.69, 9.17) is 5.26 Å². The van der Waals surface area contributed by atoms with Crippen LogP contribution in [0.5, 0.6) is 0 Å². The molecule has 5 nitrogen and oxygen atoms in total. The standard InChI is InChI=1S/C16H16N4O/c1-12-3-2-4-15(19-12)20-16(21)9-10-18-14-7-5-13(11-17)6-8-14/h2-8,18H,9-10H2,1H3,(H,19,20,21). The summed E-state index contributed by atoms with van der Waals surface area (Å²) < 4.78 is 0. The minimum atomic E-state index is -0.0887. The first-order valence-electron chi connectivity index (χ1n) is 6.65. The van der Waals surface area contributed by atoms with Gasteiger partial charge in [-0.05, 0) is 43.3 Å². The maximum absolute atomic E-state index is 11.8. The number of hydrogen-bond donors (Lipinski definition) is 2. The van der Waals surface area contributed by atoms with E-state index in [1.165, 1.54) is 0 Å². The molecule has 0 spiro atoms. The lowest BCUT2D eigenvalue weighted by Crippen LogP contribution is -2.17. The maximum Gasteiger partial charge on any atom is 0.227 e. The number of nitriles is 1. The molecule has 0 atom stereocenters. The molecule has 106 valence electrons. The number of pyridine rings is 1. The third-order valence-corrected chi connectivity index (χ3v) is 2.85. The number of hydrogen-bond acceptors (Lipinski definition) is 4. The Kier molecular flexibility index (Phi) is 4.89. The summed E-state index contributed by atoms with van der Waals surface area (Å²) >= 11 is 0. The summed E-state index contributed by atoms with van der Waals surface area (Å²) in [5, 5.41) is 14.6. The molecular formula is C16H16N4O. The number of rotatable bonds is 5. The second kappa shape index (κ2) is 7.06. The van der Waals surface area contributed by atoms with Crippen LogP contribution in [0.3, 0.4) is 0 Å². The summed E-state index contributed by atoms with van der Waals surface area (Å²) in [5.74, 6) is 0.479. The first kappa shape index (κ1) is 14.5. The third-order valence-electron chi connectivity index (χ3n) is 2.85. The lowest BCUT2D eigenvalue weighted by atomic mass is 10.2. The fourth-order valence-corrected chi connectivity index (χ4v) is 1.80. The van der Waals surface area contributed by atoms with Crippen molar-refractivity contribution in [2.75, 3.05) is 17.2 Å². The quantitative estimate of drug-likeness (QED) is 0.882. The Hall–Kier alpha value is -2.87. The van der Waals surface area contributed by atoms with Crippen molar-refractivity contribution in [1.29, 1.82) is 5.26 Å². The highest BCUT2D eigenvalue weighted by atomic mass is 16.1. The largest absolute Gasteiger partial charge is 0.385 e. The smallest absolute Gasteiger partial charge is 0.227 e. The van der Waals surface area contributed by atoms with Gasteiger partial charge in [-0.15, -0.1) is 0 Å². The number of carbonyl (C=O) groups excluding carboxylic acids is 1.